The van der Waals surface area contributed by atoms with Crippen LogP contribution in [0, 0.1) is 5.82 Å². The first-order valence-corrected chi connectivity index (χ1v) is 5.62. The van der Waals surface area contributed by atoms with Crippen molar-refractivity contribution in [2.24, 2.45) is 0 Å². The maximum atomic E-state index is 13.1. The predicted octanol–water partition coefficient (Wildman–Crippen LogP) is 2.39. The van der Waals surface area contributed by atoms with E-state index in [4.69, 9.17) is 0 Å². The summed E-state index contributed by atoms with van der Waals surface area (Å²) in [4.78, 5) is 2.48. The number of nitrogens with zero attached hydrogens (tertiary/aromatic N) is 1. The third-order valence-corrected chi connectivity index (χ3v) is 3.44. The average molecular weight is 206 g/mol. The first kappa shape index (κ1) is 9.16. The molecule has 0 amide bonds. The summed E-state index contributed by atoms with van der Waals surface area (Å²) >= 11 is 0. The fraction of sp³-hybridized carbons (Fsp3) is 0.500. The van der Waals surface area contributed by atoms with Gasteiger partial charge in [-0.1, -0.05) is 6.07 Å². The van der Waals surface area contributed by atoms with E-state index in [1.807, 2.05) is 6.07 Å². The summed E-state index contributed by atoms with van der Waals surface area (Å²) in [5.41, 5.74) is 2.25. The zero-order valence-electron chi connectivity index (χ0n) is 8.67. The molecule has 0 spiro atoms. The lowest BCUT2D eigenvalue weighted by Crippen LogP contribution is -2.42. The zero-order chi connectivity index (χ0) is 10.3. The lowest BCUT2D eigenvalue weighted by atomic mass is 9.94. The molecule has 1 N–H and O–H groups in total. The van der Waals surface area contributed by atoms with Gasteiger partial charge < -0.3 is 5.32 Å². The van der Waals surface area contributed by atoms with Crippen LogP contribution in [-0.4, -0.2) is 24.5 Å². The third-order valence-electron chi connectivity index (χ3n) is 3.44. The van der Waals surface area contributed by atoms with Gasteiger partial charge in [0.15, 0.2) is 0 Å². The Morgan fingerprint density at radius 1 is 1.33 bits per heavy atom. The fourth-order valence-electron chi connectivity index (χ4n) is 2.50. The summed E-state index contributed by atoms with van der Waals surface area (Å²) in [6.45, 7) is 3.35. The Kier molecular flexibility index (Phi) is 2.13. The van der Waals surface area contributed by atoms with E-state index in [0.717, 1.165) is 18.7 Å². The second kappa shape index (κ2) is 3.49. The van der Waals surface area contributed by atoms with Crippen LogP contribution in [0.5, 0.6) is 0 Å². The highest BCUT2D eigenvalue weighted by molar-refractivity contribution is 5.54. The second-order valence-electron chi connectivity index (χ2n) is 4.35. The van der Waals surface area contributed by atoms with Gasteiger partial charge in [0.25, 0.3) is 0 Å². The maximum Gasteiger partial charge on any atom is 0.125 e. The first-order chi connectivity index (χ1) is 7.34. The molecule has 1 saturated heterocycles. The number of fused-ring (bicyclic) bond motifs is 1. The molecule has 2 aliphatic heterocycles. The van der Waals surface area contributed by atoms with Crippen LogP contribution in [0.1, 0.15) is 24.4 Å². The molecular weight excluding hydrogens is 191 g/mol. The van der Waals surface area contributed by atoms with Crippen molar-refractivity contribution in [2.45, 2.75) is 18.9 Å². The van der Waals surface area contributed by atoms with Gasteiger partial charge in [-0.3, -0.25) is 4.90 Å². The van der Waals surface area contributed by atoms with E-state index in [9.17, 15) is 4.39 Å². The van der Waals surface area contributed by atoms with E-state index in [-0.39, 0.29) is 5.82 Å². The fourth-order valence-corrected chi connectivity index (χ4v) is 2.50. The standard InChI is InChI=1S/C12H15FN2/c13-9-2-3-10-11(8-9)14-5-4-12(10)15-6-1-7-15/h2-3,8,12,14H,1,4-7H2. The van der Waals surface area contributed by atoms with Crippen LogP contribution in [-0.2, 0) is 0 Å². The molecule has 15 heavy (non-hydrogen) atoms. The molecule has 3 heteroatoms. The normalized spacial score (nSPS) is 25.3. The van der Waals surface area contributed by atoms with E-state index in [2.05, 4.69) is 10.2 Å². The lowest BCUT2D eigenvalue weighted by molar-refractivity contribution is 0.112. The SMILES string of the molecule is Fc1ccc2c(c1)NCCC2N1CCC1. The number of hydrogen-bond donors (Lipinski definition) is 1. The van der Waals surface area contributed by atoms with E-state index >= 15 is 0 Å². The minimum Gasteiger partial charge on any atom is -0.385 e. The van der Waals surface area contributed by atoms with Crippen LogP contribution in [0.15, 0.2) is 18.2 Å². The van der Waals surface area contributed by atoms with E-state index < -0.39 is 0 Å². The summed E-state index contributed by atoms with van der Waals surface area (Å²) in [6, 6.07) is 5.62. The van der Waals surface area contributed by atoms with E-state index in [1.165, 1.54) is 25.1 Å². The highest BCUT2D eigenvalue weighted by Gasteiger charge is 2.29. The summed E-state index contributed by atoms with van der Waals surface area (Å²) in [6.07, 6.45) is 2.44. The molecule has 80 valence electrons. The Balaban J connectivity index is 1.95. The van der Waals surface area contributed by atoms with Crippen LogP contribution < -0.4 is 5.32 Å². The van der Waals surface area contributed by atoms with Gasteiger partial charge in [-0.25, -0.2) is 4.39 Å². The van der Waals surface area contributed by atoms with Crippen LogP contribution in [0.2, 0.25) is 0 Å². The van der Waals surface area contributed by atoms with E-state index in [0.29, 0.717) is 6.04 Å². The molecule has 2 aliphatic rings. The summed E-state index contributed by atoms with van der Waals surface area (Å²) < 4.78 is 13.1. The Hall–Kier alpha value is -1.09. The smallest absolute Gasteiger partial charge is 0.125 e. The molecule has 3 rings (SSSR count). The van der Waals surface area contributed by atoms with Gasteiger partial charge >= 0.3 is 0 Å². The number of halogens is 1. The molecule has 1 aromatic carbocycles. The molecule has 1 unspecified atom stereocenters. The Bertz CT molecular complexity index is 374. The zero-order valence-corrected chi connectivity index (χ0v) is 8.67. The van der Waals surface area contributed by atoms with Gasteiger partial charge in [-0.15, -0.1) is 0 Å². The topological polar surface area (TPSA) is 15.3 Å². The minimum absolute atomic E-state index is 0.148. The number of benzene rings is 1. The Morgan fingerprint density at radius 3 is 2.93 bits per heavy atom. The van der Waals surface area contributed by atoms with Crippen molar-refractivity contribution < 1.29 is 4.39 Å². The van der Waals surface area contributed by atoms with Crippen molar-refractivity contribution in [3.8, 4) is 0 Å². The average Bonchev–Trinajstić information content (AvgIpc) is 2.15. The second-order valence-corrected chi connectivity index (χ2v) is 4.35. The van der Waals surface area contributed by atoms with Crippen molar-refractivity contribution >= 4 is 5.69 Å². The summed E-state index contributed by atoms with van der Waals surface area (Å²) in [5.74, 6) is -0.148. The number of nitrogens with one attached hydrogen (secondary N) is 1. The molecule has 0 radical (unpaired) electrons. The molecule has 0 saturated carbocycles. The molecule has 0 bridgehead atoms. The van der Waals surface area contributed by atoms with Crippen molar-refractivity contribution in [3.05, 3.63) is 29.6 Å². The monoisotopic (exact) mass is 206 g/mol. The van der Waals surface area contributed by atoms with Crippen LogP contribution in [0.4, 0.5) is 10.1 Å². The third kappa shape index (κ3) is 1.51. The number of likely N-dealkylation sites (tertiary alicyclic amines) is 1. The largest absolute Gasteiger partial charge is 0.385 e. The van der Waals surface area contributed by atoms with Gasteiger partial charge in [0.2, 0.25) is 0 Å². The van der Waals surface area contributed by atoms with Crippen LogP contribution >= 0.6 is 0 Å². The molecule has 2 heterocycles. The summed E-state index contributed by atoms with van der Waals surface area (Å²) in [7, 11) is 0. The molecule has 1 aromatic rings. The van der Waals surface area contributed by atoms with Gasteiger partial charge in [0, 0.05) is 18.3 Å². The summed E-state index contributed by atoms with van der Waals surface area (Å²) in [5, 5.41) is 3.27. The first-order valence-electron chi connectivity index (χ1n) is 5.62. The van der Waals surface area contributed by atoms with Crippen molar-refractivity contribution in [1.82, 2.24) is 4.90 Å². The van der Waals surface area contributed by atoms with E-state index in [1.54, 1.807) is 12.1 Å². The van der Waals surface area contributed by atoms with Crippen LogP contribution in [0.3, 0.4) is 0 Å². The molecule has 1 fully saturated rings. The Morgan fingerprint density at radius 2 is 2.20 bits per heavy atom. The number of rotatable bonds is 1. The molecule has 0 aliphatic carbocycles. The van der Waals surface area contributed by atoms with Crippen molar-refractivity contribution in [1.29, 1.82) is 0 Å². The predicted molar refractivity (Wildman–Crippen MR) is 58.4 cm³/mol. The van der Waals surface area contributed by atoms with Crippen molar-refractivity contribution in [3.63, 3.8) is 0 Å². The molecule has 0 aromatic heterocycles. The Labute approximate surface area is 89.1 Å². The van der Waals surface area contributed by atoms with Crippen LogP contribution in [0.25, 0.3) is 0 Å². The van der Waals surface area contributed by atoms with Gasteiger partial charge in [0.1, 0.15) is 5.82 Å². The minimum atomic E-state index is -0.148. The molecule has 2 nitrogen and oxygen atoms in total. The quantitative estimate of drug-likeness (QED) is 0.759. The van der Waals surface area contributed by atoms with Gasteiger partial charge in [-0.2, -0.15) is 0 Å². The van der Waals surface area contributed by atoms with Gasteiger partial charge in [0.05, 0.1) is 0 Å². The van der Waals surface area contributed by atoms with Gasteiger partial charge in [-0.05, 0) is 43.6 Å². The highest BCUT2D eigenvalue weighted by atomic mass is 19.1. The maximum absolute atomic E-state index is 13.1. The lowest BCUT2D eigenvalue weighted by Gasteiger charge is -2.41. The van der Waals surface area contributed by atoms with Crippen molar-refractivity contribution in [2.75, 3.05) is 25.0 Å². The number of hydrogen-bond acceptors (Lipinski definition) is 2. The molecule has 1 atom stereocenters. The highest BCUT2D eigenvalue weighted by Crippen LogP contribution is 2.36. The molecular formula is C12H15FN2. The number of anilines is 1.